The monoisotopic (exact) mass is 195 g/mol. The SMILES string of the molecule is CCCCOc1cc(C(=O)O)ccn1. The average Bonchev–Trinajstić information content (AvgIpc) is 2.19. The Labute approximate surface area is 82.5 Å². The molecule has 0 fully saturated rings. The van der Waals surface area contributed by atoms with E-state index in [-0.39, 0.29) is 5.56 Å². The van der Waals surface area contributed by atoms with E-state index in [9.17, 15) is 4.79 Å². The van der Waals surface area contributed by atoms with Gasteiger partial charge < -0.3 is 9.84 Å². The van der Waals surface area contributed by atoms with Crippen molar-refractivity contribution >= 4 is 5.97 Å². The van der Waals surface area contributed by atoms with E-state index < -0.39 is 5.97 Å². The maximum Gasteiger partial charge on any atom is 0.335 e. The fourth-order valence-corrected chi connectivity index (χ4v) is 0.942. The maximum absolute atomic E-state index is 10.6. The van der Waals surface area contributed by atoms with Crippen LogP contribution in [0.5, 0.6) is 5.88 Å². The van der Waals surface area contributed by atoms with E-state index in [0.717, 1.165) is 12.8 Å². The molecule has 0 aliphatic rings. The van der Waals surface area contributed by atoms with Crippen LogP contribution in [0.15, 0.2) is 18.3 Å². The number of aromatic nitrogens is 1. The lowest BCUT2D eigenvalue weighted by Gasteiger charge is -2.03. The Morgan fingerprint density at radius 1 is 1.64 bits per heavy atom. The number of aromatic carboxylic acids is 1. The van der Waals surface area contributed by atoms with Crippen molar-refractivity contribution in [3.63, 3.8) is 0 Å². The number of nitrogens with zero attached hydrogens (tertiary/aromatic N) is 1. The van der Waals surface area contributed by atoms with E-state index in [4.69, 9.17) is 9.84 Å². The Morgan fingerprint density at radius 2 is 2.43 bits per heavy atom. The highest BCUT2D eigenvalue weighted by atomic mass is 16.5. The maximum atomic E-state index is 10.6. The predicted molar refractivity (Wildman–Crippen MR) is 51.6 cm³/mol. The van der Waals surface area contributed by atoms with Crippen LogP contribution < -0.4 is 4.74 Å². The van der Waals surface area contributed by atoms with Gasteiger partial charge in [-0.15, -0.1) is 0 Å². The molecular weight excluding hydrogens is 182 g/mol. The van der Waals surface area contributed by atoms with Crippen LogP contribution in [0.3, 0.4) is 0 Å². The van der Waals surface area contributed by atoms with Gasteiger partial charge in [-0.2, -0.15) is 0 Å². The van der Waals surface area contributed by atoms with Gasteiger partial charge in [0.15, 0.2) is 0 Å². The molecule has 1 aromatic heterocycles. The molecule has 76 valence electrons. The Kier molecular flexibility index (Phi) is 3.91. The number of carboxylic acids is 1. The lowest BCUT2D eigenvalue weighted by atomic mass is 10.3. The first-order valence-corrected chi connectivity index (χ1v) is 4.56. The number of carbonyl (C=O) groups is 1. The molecule has 14 heavy (non-hydrogen) atoms. The summed E-state index contributed by atoms with van der Waals surface area (Å²) in [6, 6.07) is 2.87. The summed E-state index contributed by atoms with van der Waals surface area (Å²) < 4.78 is 5.26. The molecule has 0 saturated carbocycles. The van der Waals surface area contributed by atoms with E-state index in [1.807, 2.05) is 0 Å². The molecule has 0 atom stereocenters. The second kappa shape index (κ2) is 5.21. The van der Waals surface area contributed by atoms with Gasteiger partial charge in [0.05, 0.1) is 12.2 Å². The van der Waals surface area contributed by atoms with Crippen LogP contribution >= 0.6 is 0 Å². The van der Waals surface area contributed by atoms with Crippen molar-refractivity contribution in [1.82, 2.24) is 4.98 Å². The molecule has 0 unspecified atom stereocenters. The predicted octanol–water partition coefficient (Wildman–Crippen LogP) is 1.96. The molecule has 1 N–H and O–H groups in total. The van der Waals surface area contributed by atoms with Crippen molar-refractivity contribution in [1.29, 1.82) is 0 Å². The number of rotatable bonds is 5. The van der Waals surface area contributed by atoms with E-state index >= 15 is 0 Å². The first-order chi connectivity index (χ1) is 6.74. The summed E-state index contributed by atoms with van der Waals surface area (Å²) in [5, 5.41) is 8.70. The summed E-state index contributed by atoms with van der Waals surface area (Å²) in [7, 11) is 0. The molecule has 0 aliphatic carbocycles. The molecule has 0 radical (unpaired) electrons. The summed E-state index contributed by atoms with van der Waals surface area (Å²) in [4.78, 5) is 14.5. The van der Waals surface area contributed by atoms with Crippen LogP contribution in [-0.4, -0.2) is 22.7 Å². The van der Waals surface area contributed by atoms with Crippen LogP contribution in [0, 0.1) is 0 Å². The van der Waals surface area contributed by atoms with Crippen LogP contribution in [0.4, 0.5) is 0 Å². The van der Waals surface area contributed by atoms with Gasteiger partial charge >= 0.3 is 5.97 Å². The lowest BCUT2D eigenvalue weighted by Crippen LogP contribution is -2.01. The van der Waals surface area contributed by atoms with Gasteiger partial charge in [-0.05, 0) is 12.5 Å². The van der Waals surface area contributed by atoms with Crippen LogP contribution in [0.25, 0.3) is 0 Å². The summed E-state index contributed by atoms with van der Waals surface area (Å²) in [6.07, 6.45) is 3.42. The topological polar surface area (TPSA) is 59.4 Å². The zero-order valence-electron chi connectivity index (χ0n) is 8.06. The normalized spacial score (nSPS) is 9.79. The zero-order chi connectivity index (χ0) is 10.4. The van der Waals surface area contributed by atoms with Crippen molar-refractivity contribution in [2.24, 2.45) is 0 Å². The van der Waals surface area contributed by atoms with Crippen LogP contribution in [-0.2, 0) is 0 Å². The Hall–Kier alpha value is -1.58. The summed E-state index contributed by atoms with van der Waals surface area (Å²) in [5.74, 6) is -0.592. The largest absolute Gasteiger partial charge is 0.478 e. The fraction of sp³-hybridized carbons (Fsp3) is 0.400. The second-order valence-electron chi connectivity index (χ2n) is 2.89. The third-order valence-corrected chi connectivity index (χ3v) is 1.73. The van der Waals surface area contributed by atoms with Crippen molar-refractivity contribution in [2.45, 2.75) is 19.8 Å². The number of unbranched alkanes of at least 4 members (excludes halogenated alkanes) is 1. The lowest BCUT2D eigenvalue weighted by molar-refractivity contribution is 0.0696. The Morgan fingerprint density at radius 3 is 3.07 bits per heavy atom. The first-order valence-electron chi connectivity index (χ1n) is 4.56. The Bertz CT molecular complexity index is 312. The molecule has 0 amide bonds. The van der Waals surface area contributed by atoms with E-state index in [1.54, 1.807) is 0 Å². The third-order valence-electron chi connectivity index (χ3n) is 1.73. The van der Waals surface area contributed by atoms with E-state index in [1.165, 1.54) is 18.3 Å². The van der Waals surface area contributed by atoms with E-state index in [0.29, 0.717) is 12.5 Å². The molecule has 0 spiro atoms. The van der Waals surface area contributed by atoms with Crippen LogP contribution in [0.1, 0.15) is 30.1 Å². The van der Waals surface area contributed by atoms with Gasteiger partial charge in [0.1, 0.15) is 0 Å². The molecule has 4 nitrogen and oxygen atoms in total. The highest BCUT2D eigenvalue weighted by Gasteiger charge is 2.04. The molecule has 4 heteroatoms. The average molecular weight is 195 g/mol. The molecule has 1 aromatic rings. The number of hydrogen-bond acceptors (Lipinski definition) is 3. The molecule has 0 aliphatic heterocycles. The van der Waals surface area contributed by atoms with E-state index in [2.05, 4.69) is 11.9 Å². The fourth-order valence-electron chi connectivity index (χ4n) is 0.942. The molecule has 0 aromatic carbocycles. The quantitative estimate of drug-likeness (QED) is 0.729. The number of ether oxygens (including phenoxy) is 1. The highest BCUT2D eigenvalue weighted by molar-refractivity contribution is 5.87. The van der Waals surface area contributed by atoms with Gasteiger partial charge in [0.25, 0.3) is 0 Å². The van der Waals surface area contributed by atoms with Gasteiger partial charge in [-0.25, -0.2) is 9.78 Å². The van der Waals surface area contributed by atoms with Gasteiger partial charge in [0, 0.05) is 12.3 Å². The minimum absolute atomic E-state index is 0.200. The smallest absolute Gasteiger partial charge is 0.335 e. The molecular formula is C10H13NO3. The number of pyridine rings is 1. The summed E-state index contributed by atoms with van der Waals surface area (Å²) in [5.41, 5.74) is 0.200. The molecule has 1 heterocycles. The van der Waals surface area contributed by atoms with Gasteiger partial charge in [0.2, 0.25) is 5.88 Å². The van der Waals surface area contributed by atoms with Gasteiger partial charge in [-0.3, -0.25) is 0 Å². The highest BCUT2D eigenvalue weighted by Crippen LogP contribution is 2.09. The van der Waals surface area contributed by atoms with Crippen molar-refractivity contribution in [2.75, 3.05) is 6.61 Å². The Balaban J connectivity index is 2.59. The minimum atomic E-state index is -0.965. The molecule has 1 rings (SSSR count). The first kappa shape index (κ1) is 10.5. The van der Waals surface area contributed by atoms with Gasteiger partial charge in [-0.1, -0.05) is 13.3 Å². The van der Waals surface area contributed by atoms with Crippen molar-refractivity contribution in [3.8, 4) is 5.88 Å². The second-order valence-corrected chi connectivity index (χ2v) is 2.89. The minimum Gasteiger partial charge on any atom is -0.478 e. The standard InChI is InChI=1S/C10H13NO3/c1-2-3-6-14-9-7-8(10(12)13)4-5-11-9/h4-5,7H,2-3,6H2,1H3,(H,12,13). The van der Waals surface area contributed by atoms with Crippen LogP contribution in [0.2, 0.25) is 0 Å². The van der Waals surface area contributed by atoms with Crippen molar-refractivity contribution in [3.05, 3.63) is 23.9 Å². The third kappa shape index (κ3) is 3.05. The van der Waals surface area contributed by atoms with Crippen molar-refractivity contribution < 1.29 is 14.6 Å². The summed E-state index contributed by atoms with van der Waals surface area (Å²) >= 11 is 0. The zero-order valence-corrected chi connectivity index (χ0v) is 8.06. The number of carboxylic acid groups (broad SMARTS) is 1. The summed E-state index contributed by atoms with van der Waals surface area (Å²) in [6.45, 7) is 2.64. The number of hydrogen-bond donors (Lipinski definition) is 1. The molecule has 0 bridgehead atoms. The molecule has 0 saturated heterocycles.